The molecule has 112 valence electrons. The maximum absolute atomic E-state index is 12.2. The summed E-state index contributed by atoms with van der Waals surface area (Å²) in [5.41, 5.74) is 0.788. The Morgan fingerprint density at radius 1 is 1.14 bits per heavy atom. The largest absolute Gasteiger partial charge is 0.573 e. The summed E-state index contributed by atoms with van der Waals surface area (Å²) in [5, 5.41) is 0. The first-order chi connectivity index (χ1) is 9.74. The van der Waals surface area contributed by atoms with Crippen LogP contribution in [0.2, 0.25) is 0 Å². The standard InChI is InChI=1S/C13H8Br2F3NO2/c1-7-4-8(14)6-19-12(7)20-9-2-3-11(10(15)5-9)21-13(16,17)18/h2-6H,1H3. The molecule has 8 heteroatoms. The Kier molecular flexibility index (Phi) is 4.77. The number of ether oxygens (including phenoxy) is 2. The summed E-state index contributed by atoms with van der Waals surface area (Å²) in [7, 11) is 0. The van der Waals surface area contributed by atoms with Crippen LogP contribution in [0.4, 0.5) is 13.2 Å². The van der Waals surface area contributed by atoms with Crippen LogP contribution in [-0.2, 0) is 0 Å². The number of alkyl halides is 3. The fraction of sp³-hybridized carbons (Fsp3) is 0.154. The zero-order valence-corrected chi connectivity index (χ0v) is 13.7. The molecule has 1 aromatic heterocycles. The van der Waals surface area contributed by atoms with E-state index in [1.165, 1.54) is 18.2 Å². The second-order valence-corrected chi connectivity index (χ2v) is 5.79. The molecular formula is C13H8Br2F3NO2. The maximum atomic E-state index is 12.2. The van der Waals surface area contributed by atoms with Gasteiger partial charge in [-0.15, -0.1) is 13.2 Å². The van der Waals surface area contributed by atoms with Crippen LogP contribution in [-0.4, -0.2) is 11.3 Å². The highest BCUT2D eigenvalue weighted by molar-refractivity contribution is 9.10. The molecule has 0 atom stereocenters. The van der Waals surface area contributed by atoms with Crippen LogP contribution in [0.15, 0.2) is 39.4 Å². The quantitative estimate of drug-likeness (QED) is 0.639. The molecule has 0 aliphatic rings. The maximum Gasteiger partial charge on any atom is 0.573 e. The molecule has 0 aliphatic heterocycles. The van der Waals surface area contributed by atoms with Crippen LogP contribution in [0.1, 0.15) is 5.56 Å². The lowest BCUT2D eigenvalue weighted by Crippen LogP contribution is -2.17. The zero-order valence-electron chi connectivity index (χ0n) is 10.5. The molecular weight excluding hydrogens is 419 g/mol. The summed E-state index contributed by atoms with van der Waals surface area (Å²) in [6.45, 7) is 1.81. The molecule has 1 heterocycles. The molecule has 21 heavy (non-hydrogen) atoms. The van der Waals surface area contributed by atoms with Gasteiger partial charge in [-0.05, 0) is 63.0 Å². The Bertz CT molecular complexity index is 662. The first-order valence-electron chi connectivity index (χ1n) is 5.60. The van der Waals surface area contributed by atoms with E-state index in [-0.39, 0.29) is 10.2 Å². The first kappa shape index (κ1) is 16.1. The van der Waals surface area contributed by atoms with Crippen LogP contribution in [0, 0.1) is 6.92 Å². The number of rotatable bonds is 3. The van der Waals surface area contributed by atoms with E-state index in [4.69, 9.17) is 4.74 Å². The lowest BCUT2D eigenvalue weighted by Gasteiger charge is -2.12. The van der Waals surface area contributed by atoms with Crippen molar-refractivity contribution in [3.05, 3.63) is 45.0 Å². The van der Waals surface area contributed by atoms with Crippen LogP contribution in [0.5, 0.6) is 17.4 Å². The number of aryl methyl sites for hydroxylation is 1. The molecule has 0 fully saturated rings. The predicted molar refractivity (Wildman–Crippen MR) is 77.6 cm³/mol. The van der Waals surface area contributed by atoms with Crippen molar-refractivity contribution in [1.82, 2.24) is 4.98 Å². The number of aromatic nitrogens is 1. The van der Waals surface area contributed by atoms with Gasteiger partial charge in [0.1, 0.15) is 11.5 Å². The van der Waals surface area contributed by atoms with Crippen molar-refractivity contribution in [2.75, 3.05) is 0 Å². The van der Waals surface area contributed by atoms with Crippen LogP contribution >= 0.6 is 31.9 Å². The third kappa shape index (κ3) is 4.60. The van der Waals surface area contributed by atoms with E-state index in [1.807, 2.05) is 13.0 Å². The first-order valence-corrected chi connectivity index (χ1v) is 7.18. The highest BCUT2D eigenvalue weighted by atomic mass is 79.9. The topological polar surface area (TPSA) is 31.4 Å². The number of hydrogen-bond acceptors (Lipinski definition) is 3. The molecule has 0 radical (unpaired) electrons. The van der Waals surface area contributed by atoms with E-state index in [2.05, 4.69) is 41.6 Å². The van der Waals surface area contributed by atoms with Gasteiger partial charge in [-0.2, -0.15) is 0 Å². The Balaban J connectivity index is 2.20. The van der Waals surface area contributed by atoms with Gasteiger partial charge in [0.2, 0.25) is 5.88 Å². The van der Waals surface area contributed by atoms with Crippen molar-refractivity contribution in [3.63, 3.8) is 0 Å². The third-order valence-corrected chi connectivity index (χ3v) is 3.39. The van der Waals surface area contributed by atoms with Gasteiger partial charge in [-0.1, -0.05) is 0 Å². The Hall–Kier alpha value is -1.28. The summed E-state index contributed by atoms with van der Waals surface area (Å²) < 4.78 is 46.8. The molecule has 0 aliphatic carbocycles. The smallest absolute Gasteiger partial charge is 0.439 e. The van der Waals surface area contributed by atoms with E-state index >= 15 is 0 Å². The van der Waals surface area contributed by atoms with Gasteiger partial charge in [0.25, 0.3) is 0 Å². The van der Waals surface area contributed by atoms with Gasteiger partial charge in [-0.25, -0.2) is 4.98 Å². The minimum absolute atomic E-state index is 0.132. The molecule has 3 nitrogen and oxygen atoms in total. The van der Waals surface area contributed by atoms with Gasteiger partial charge in [0, 0.05) is 16.2 Å². The number of hydrogen-bond donors (Lipinski definition) is 0. The molecule has 2 aromatic rings. The fourth-order valence-corrected chi connectivity index (χ4v) is 2.38. The summed E-state index contributed by atoms with van der Waals surface area (Å²) in [4.78, 5) is 4.09. The normalized spacial score (nSPS) is 11.3. The van der Waals surface area contributed by atoms with Crippen LogP contribution < -0.4 is 9.47 Å². The molecule has 0 saturated heterocycles. The summed E-state index contributed by atoms with van der Waals surface area (Å²) >= 11 is 6.29. The number of nitrogens with zero attached hydrogens (tertiary/aromatic N) is 1. The second-order valence-electron chi connectivity index (χ2n) is 4.02. The van der Waals surface area contributed by atoms with E-state index in [1.54, 1.807) is 6.20 Å². The minimum atomic E-state index is -4.74. The Labute approximate surface area is 135 Å². The average molecular weight is 427 g/mol. The van der Waals surface area contributed by atoms with Crippen molar-refractivity contribution >= 4 is 31.9 Å². The molecule has 0 unspecified atom stereocenters. The monoisotopic (exact) mass is 425 g/mol. The van der Waals surface area contributed by atoms with Crippen molar-refractivity contribution in [1.29, 1.82) is 0 Å². The summed E-state index contributed by atoms with van der Waals surface area (Å²) in [6, 6.07) is 5.73. The van der Waals surface area contributed by atoms with E-state index in [0.29, 0.717) is 11.6 Å². The predicted octanol–water partition coefficient (Wildman–Crippen LogP) is 5.61. The van der Waals surface area contributed by atoms with E-state index in [9.17, 15) is 13.2 Å². The van der Waals surface area contributed by atoms with Gasteiger partial charge in [0.15, 0.2) is 0 Å². The number of halogens is 5. The molecule has 0 bridgehead atoms. The highest BCUT2D eigenvalue weighted by Gasteiger charge is 2.32. The van der Waals surface area contributed by atoms with Gasteiger partial charge < -0.3 is 9.47 Å². The fourth-order valence-electron chi connectivity index (χ4n) is 1.50. The molecule has 0 N–H and O–H groups in total. The molecule has 1 aromatic carbocycles. The highest BCUT2D eigenvalue weighted by Crippen LogP contribution is 2.35. The second kappa shape index (κ2) is 6.23. The van der Waals surface area contributed by atoms with Gasteiger partial charge in [-0.3, -0.25) is 0 Å². The van der Waals surface area contributed by atoms with Crippen molar-refractivity contribution in [2.45, 2.75) is 13.3 Å². The lowest BCUT2D eigenvalue weighted by atomic mass is 10.3. The molecule has 0 spiro atoms. The minimum Gasteiger partial charge on any atom is -0.439 e. The third-order valence-electron chi connectivity index (χ3n) is 2.34. The van der Waals surface area contributed by atoms with Crippen molar-refractivity contribution in [2.24, 2.45) is 0 Å². The molecule has 0 saturated carbocycles. The van der Waals surface area contributed by atoms with Gasteiger partial charge >= 0.3 is 6.36 Å². The van der Waals surface area contributed by atoms with E-state index < -0.39 is 6.36 Å². The Morgan fingerprint density at radius 2 is 1.86 bits per heavy atom. The Morgan fingerprint density at radius 3 is 2.43 bits per heavy atom. The van der Waals surface area contributed by atoms with Crippen LogP contribution in [0.3, 0.4) is 0 Å². The average Bonchev–Trinajstić information content (AvgIpc) is 2.35. The summed E-state index contributed by atoms with van der Waals surface area (Å²) in [6.07, 6.45) is -3.17. The number of pyridine rings is 1. The van der Waals surface area contributed by atoms with E-state index in [0.717, 1.165) is 10.0 Å². The molecule has 0 amide bonds. The number of benzene rings is 1. The summed E-state index contributed by atoms with van der Waals surface area (Å²) in [5.74, 6) is 0.374. The SMILES string of the molecule is Cc1cc(Br)cnc1Oc1ccc(OC(F)(F)F)c(Br)c1. The van der Waals surface area contributed by atoms with Gasteiger partial charge in [0.05, 0.1) is 4.47 Å². The molecule has 2 rings (SSSR count). The van der Waals surface area contributed by atoms with Crippen molar-refractivity contribution < 1.29 is 22.6 Å². The van der Waals surface area contributed by atoms with Crippen LogP contribution in [0.25, 0.3) is 0 Å². The zero-order chi connectivity index (χ0) is 15.6. The lowest BCUT2D eigenvalue weighted by molar-refractivity contribution is -0.274. The van der Waals surface area contributed by atoms with Crippen molar-refractivity contribution in [3.8, 4) is 17.4 Å².